The molecule has 14 heteroatoms. The van der Waals surface area contributed by atoms with E-state index in [0.717, 1.165) is 23.9 Å². The van der Waals surface area contributed by atoms with Crippen LogP contribution in [-0.4, -0.2) is 44.3 Å². The maximum Gasteiger partial charge on any atom is 0.573 e. The van der Waals surface area contributed by atoms with Crippen molar-refractivity contribution in [1.29, 1.82) is 0 Å². The third kappa shape index (κ3) is 6.29. The highest BCUT2D eigenvalue weighted by molar-refractivity contribution is 8.00. The number of hydrogen-bond acceptors (Lipinski definition) is 7. The SMILES string of the molecule is CC(Sc1nnnn1-c1ccc(OC(F)(F)F)cc1)C(=O)Nc1ccccc1OC(F)F. The molecule has 0 radical (unpaired) electrons. The van der Waals surface area contributed by atoms with Crippen molar-refractivity contribution < 1.29 is 36.2 Å². The molecule has 2 aromatic carbocycles. The van der Waals surface area contributed by atoms with Crippen LogP contribution in [0.15, 0.2) is 53.7 Å². The van der Waals surface area contributed by atoms with Crippen LogP contribution in [0, 0.1) is 0 Å². The summed E-state index contributed by atoms with van der Waals surface area (Å²) in [5.74, 6) is -1.15. The Morgan fingerprint density at radius 1 is 1.12 bits per heavy atom. The Bertz CT molecular complexity index is 1060. The Morgan fingerprint density at radius 3 is 2.47 bits per heavy atom. The van der Waals surface area contributed by atoms with Crippen molar-refractivity contribution in [2.75, 3.05) is 5.32 Å². The molecule has 3 rings (SSSR count). The molecular weight excluding hydrogens is 461 g/mol. The Balaban J connectivity index is 1.69. The topological polar surface area (TPSA) is 91.2 Å². The summed E-state index contributed by atoms with van der Waals surface area (Å²) in [6, 6.07) is 10.5. The molecule has 0 aliphatic carbocycles. The summed E-state index contributed by atoms with van der Waals surface area (Å²) in [4.78, 5) is 12.5. The lowest BCUT2D eigenvalue weighted by Crippen LogP contribution is -2.23. The average molecular weight is 475 g/mol. The molecule has 0 saturated heterocycles. The number of rotatable bonds is 8. The first-order chi connectivity index (χ1) is 15.1. The minimum atomic E-state index is -4.82. The first-order valence-electron chi connectivity index (χ1n) is 8.78. The molecule has 170 valence electrons. The summed E-state index contributed by atoms with van der Waals surface area (Å²) >= 11 is 0.948. The number of ether oxygens (including phenoxy) is 2. The van der Waals surface area contributed by atoms with E-state index in [1.54, 1.807) is 6.07 Å². The standard InChI is InChI=1S/C18H14F5N5O3S/c1-10(15(29)24-13-4-2-3-5-14(13)30-16(19)20)32-17-25-26-27-28(17)11-6-8-12(9-7-11)31-18(21,22)23/h2-10,16H,1H3,(H,24,29). The summed E-state index contributed by atoms with van der Waals surface area (Å²) in [5.41, 5.74) is 0.389. The number of carbonyl (C=O) groups excluding carboxylic acids is 1. The van der Waals surface area contributed by atoms with E-state index in [-0.39, 0.29) is 16.6 Å². The second kappa shape index (κ2) is 9.80. The van der Waals surface area contributed by atoms with Crippen LogP contribution in [0.4, 0.5) is 27.6 Å². The van der Waals surface area contributed by atoms with E-state index in [1.807, 2.05) is 0 Å². The van der Waals surface area contributed by atoms with Gasteiger partial charge in [0.15, 0.2) is 0 Å². The third-order valence-corrected chi connectivity index (χ3v) is 4.80. The number of thioether (sulfide) groups is 1. The van der Waals surface area contributed by atoms with Gasteiger partial charge < -0.3 is 14.8 Å². The lowest BCUT2D eigenvalue weighted by molar-refractivity contribution is -0.274. The third-order valence-electron chi connectivity index (χ3n) is 3.77. The van der Waals surface area contributed by atoms with Crippen molar-refractivity contribution in [1.82, 2.24) is 20.2 Å². The summed E-state index contributed by atoms with van der Waals surface area (Å²) in [6.45, 7) is -1.52. The summed E-state index contributed by atoms with van der Waals surface area (Å²) in [5, 5.41) is 13.0. The first kappa shape index (κ1) is 23.2. The van der Waals surface area contributed by atoms with Crippen LogP contribution in [0.1, 0.15) is 6.92 Å². The smallest absolute Gasteiger partial charge is 0.433 e. The van der Waals surface area contributed by atoms with Crippen molar-refractivity contribution in [3.05, 3.63) is 48.5 Å². The van der Waals surface area contributed by atoms with E-state index in [1.165, 1.54) is 41.9 Å². The minimum absolute atomic E-state index is 0.0603. The van der Waals surface area contributed by atoms with Crippen molar-refractivity contribution in [3.63, 3.8) is 0 Å². The van der Waals surface area contributed by atoms with Crippen LogP contribution in [0.25, 0.3) is 5.69 Å². The van der Waals surface area contributed by atoms with Crippen LogP contribution in [0.2, 0.25) is 0 Å². The molecule has 0 spiro atoms. The van der Waals surface area contributed by atoms with Gasteiger partial charge in [-0.1, -0.05) is 23.9 Å². The van der Waals surface area contributed by atoms with Gasteiger partial charge in [-0.3, -0.25) is 4.79 Å². The molecule has 32 heavy (non-hydrogen) atoms. The van der Waals surface area contributed by atoms with Crippen LogP contribution >= 0.6 is 11.8 Å². The van der Waals surface area contributed by atoms with Crippen LogP contribution in [-0.2, 0) is 4.79 Å². The number of tetrazole rings is 1. The molecule has 1 N–H and O–H groups in total. The van der Waals surface area contributed by atoms with E-state index in [9.17, 15) is 26.7 Å². The predicted molar refractivity (Wildman–Crippen MR) is 103 cm³/mol. The van der Waals surface area contributed by atoms with Crippen molar-refractivity contribution in [3.8, 4) is 17.2 Å². The molecule has 3 aromatic rings. The van der Waals surface area contributed by atoms with E-state index in [0.29, 0.717) is 5.69 Å². The molecule has 8 nitrogen and oxygen atoms in total. The van der Waals surface area contributed by atoms with Crippen LogP contribution < -0.4 is 14.8 Å². The highest BCUT2D eigenvalue weighted by Crippen LogP contribution is 2.29. The Kier molecular flexibility index (Phi) is 7.12. The number of carbonyl (C=O) groups is 1. The molecule has 0 aliphatic heterocycles. The van der Waals surface area contributed by atoms with E-state index < -0.39 is 29.9 Å². The maximum atomic E-state index is 12.5. The van der Waals surface area contributed by atoms with Gasteiger partial charge in [-0.2, -0.15) is 13.5 Å². The number of amides is 1. The van der Waals surface area contributed by atoms with Gasteiger partial charge in [0.25, 0.3) is 0 Å². The number of para-hydroxylation sites is 2. The van der Waals surface area contributed by atoms with E-state index in [2.05, 4.69) is 30.3 Å². The fourth-order valence-electron chi connectivity index (χ4n) is 2.42. The number of hydrogen-bond donors (Lipinski definition) is 1. The molecular formula is C18H14F5N5O3S. The van der Waals surface area contributed by atoms with Gasteiger partial charge in [0.2, 0.25) is 11.1 Å². The minimum Gasteiger partial charge on any atom is -0.433 e. The van der Waals surface area contributed by atoms with Gasteiger partial charge >= 0.3 is 13.0 Å². The van der Waals surface area contributed by atoms with Gasteiger partial charge in [0, 0.05) is 0 Å². The highest BCUT2D eigenvalue weighted by Gasteiger charge is 2.31. The second-order valence-corrected chi connectivity index (χ2v) is 7.35. The molecule has 1 amide bonds. The molecule has 0 bridgehead atoms. The zero-order valence-corrected chi connectivity index (χ0v) is 16.9. The molecule has 0 aliphatic rings. The zero-order chi connectivity index (χ0) is 23.3. The summed E-state index contributed by atoms with van der Waals surface area (Å²) < 4.78 is 71.4. The largest absolute Gasteiger partial charge is 0.573 e. The van der Waals surface area contributed by atoms with Gasteiger partial charge in [-0.25, -0.2) is 0 Å². The van der Waals surface area contributed by atoms with Crippen LogP contribution in [0.5, 0.6) is 11.5 Å². The Hall–Kier alpha value is -3.42. The number of nitrogens with one attached hydrogen (secondary N) is 1. The van der Waals surface area contributed by atoms with Crippen molar-refractivity contribution in [2.45, 2.75) is 30.3 Å². The van der Waals surface area contributed by atoms with Gasteiger partial charge in [-0.15, -0.1) is 18.3 Å². The van der Waals surface area contributed by atoms with E-state index in [4.69, 9.17) is 0 Å². The van der Waals surface area contributed by atoms with Gasteiger partial charge in [0.05, 0.1) is 16.6 Å². The van der Waals surface area contributed by atoms with Crippen LogP contribution in [0.3, 0.4) is 0 Å². The molecule has 1 aromatic heterocycles. The lowest BCUT2D eigenvalue weighted by atomic mass is 10.3. The fourth-order valence-corrected chi connectivity index (χ4v) is 3.23. The zero-order valence-electron chi connectivity index (χ0n) is 16.1. The number of halogens is 5. The molecule has 0 fully saturated rings. The molecule has 0 saturated carbocycles. The predicted octanol–water partition coefficient (Wildman–Crippen LogP) is 4.28. The molecule has 1 heterocycles. The van der Waals surface area contributed by atoms with E-state index >= 15 is 0 Å². The first-order valence-corrected chi connectivity index (χ1v) is 9.66. The number of nitrogens with zero attached hydrogens (tertiary/aromatic N) is 4. The quantitative estimate of drug-likeness (QED) is 0.384. The van der Waals surface area contributed by atoms with Gasteiger partial charge in [0.1, 0.15) is 11.5 Å². The monoisotopic (exact) mass is 475 g/mol. The van der Waals surface area contributed by atoms with Crippen molar-refractivity contribution >= 4 is 23.4 Å². The van der Waals surface area contributed by atoms with Gasteiger partial charge in [-0.05, 0) is 53.7 Å². The fraction of sp³-hybridized carbons (Fsp3) is 0.222. The Labute approximate surface area is 181 Å². The number of anilines is 1. The average Bonchev–Trinajstić information content (AvgIpc) is 3.16. The second-order valence-electron chi connectivity index (χ2n) is 6.04. The summed E-state index contributed by atoms with van der Waals surface area (Å²) in [6.07, 6.45) is -4.82. The number of aromatic nitrogens is 4. The summed E-state index contributed by atoms with van der Waals surface area (Å²) in [7, 11) is 0. The molecule has 1 atom stereocenters. The number of alkyl halides is 5. The lowest BCUT2D eigenvalue weighted by Gasteiger charge is -2.14. The molecule has 1 unspecified atom stereocenters. The Morgan fingerprint density at radius 2 is 1.81 bits per heavy atom. The highest BCUT2D eigenvalue weighted by atomic mass is 32.2. The van der Waals surface area contributed by atoms with Crippen molar-refractivity contribution in [2.24, 2.45) is 0 Å². The normalized spacial score (nSPS) is 12.5. The maximum absolute atomic E-state index is 12.5. The number of benzene rings is 2.